The van der Waals surface area contributed by atoms with Crippen LogP contribution < -0.4 is 4.90 Å². The van der Waals surface area contributed by atoms with E-state index in [0.29, 0.717) is 17.4 Å². The highest BCUT2D eigenvalue weighted by Gasteiger charge is 2.14. The standard InChI is InChI=1S/C10H14ClN3O2/c1-3-4-14(6-9(15)16-2)10-8(11)5-12-7-13-10/h5,7H,3-4,6H2,1-2H3. The summed E-state index contributed by atoms with van der Waals surface area (Å²) >= 11 is 5.96. The SMILES string of the molecule is CCCN(CC(=O)OC)c1ncncc1Cl. The van der Waals surface area contributed by atoms with E-state index in [2.05, 4.69) is 14.7 Å². The van der Waals surface area contributed by atoms with E-state index in [0.717, 1.165) is 6.42 Å². The van der Waals surface area contributed by atoms with Crippen molar-refractivity contribution < 1.29 is 9.53 Å². The first-order chi connectivity index (χ1) is 7.69. The van der Waals surface area contributed by atoms with Crippen molar-refractivity contribution in [3.05, 3.63) is 17.5 Å². The first kappa shape index (κ1) is 12.7. The smallest absolute Gasteiger partial charge is 0.325 e. The minimum Gasteiger partial charge on any atom is -0.468 e. The number of hydrogen-bond acceptors (Lipinski definition) is 5. The Labute approximate surface area is 99.4 Å². The monoisotopic (exact) mass is 243 g/mol. The van der Waals surface area contributed by atoms with Crippen molar-refractivity contribution in [2.45, 2.75) is 13.3 Å². The van der Waals surface area contributed by atoms with Crippen molar-refractivity contribution in [1.82, 2.24) is 9.97 Å². The Kier molecular flexibility index (Phi) is 4.98. The zero-order valence-corrected chi connectivity index (χ0v) is 10.1. The van der Waals surface area contributed by atoms with E-state index in [1.807, 2.05) is 6.92 Å². The highest BCUT2D eigenvalue weighted by Crippen LogP contribution is 2.21. The van der Waals surface area contributed by atoms with Crippen LogP contribution in [0.5, 0.6) is 0 Å². The van der Waals surface area contributed by atoms with Gasteiger partial charge in [-0.1, -0.05) is 18.5 Å². The molecule has 6 heteroatoms. The zero-order valence-electron chi connectivity index (χ0n) is 9.31. The van der Waals surface area contributed by atoms with Crippen LogP contribution in [-0.2, 0) is 9.53 Å². The molecule has 1 heterocycles. The summed E-state index contributed by atoms with van der Waals surface area (Å²) in [7, 11) is 1.36. The Hall–Kier alpha value is -1.36. The molecular formula is C10H14ClN3O2. The minimum absolute atomic E-state index is 0.140. The minimum atomic E-state index is -0.317. The van der Waals surface area contributed by atoms with Crippen LogP contribution in [0.4, 0.5) is 5.82 Å². The number of rotatable bonds is 5. The van der Waals surface area contributed by atoms with E-state index < -0.39 is 0 Å². The predicted octanol–water partition coefficient (Wildman–Crippen LogP) is 1.52. The Morgan fingerprint density at radius 2 is 2.38 bits per heavy atom. The second kappa shape index (κ2) is 6.27. The number of aromatic nitrogens is 2. The van der Waals surface area contributed by atoms with Gasteiger partial charge in [0.1, 0.15) is 17.9 Å². The Bertz CT molecular complexity index is 360. The molecule has 0 bridgehead atoms. The van der Waals surface area contributed by atoms with Crippen molar-refractivity contribution in [2.24, 2.45) is 0 Å². The van der Waals surface area contributed by atoms with E-state index in [4.69, 9.17) is 11.6 Å². The van der Waals surface area contributed by atoms with Gasteiger partial charge in [0.15, 0.2) is 5.82 Å². The second-order valence-corrected chi connectivity index (χ2v) is 3.60. The van der Waals surface area contributed by atoms with E-state index in [9.17, 15) is 4.79 Å². The number of esters is 1. The maximum atomic E-state index is 11.2. The molecule has 0 radical (unpaired) electrons. The molecule has 0 N–H and O–H groups in total. The Morgan fingerprint density at radius 3 is 2.94 bits per heavy atom. The molecule has 0 unspecified atom stereocenters. The van der Waals surface area contributed by atoms with Gasteiger partial charge in [-0.15, -0.1) is 0 Å². The van der Waals surface area contributed by atoms with Crippen LogP contribution >= 0.6 is 11.6 Å². The van der Waals surface area contributed by atoms with Crippen molar-refractivity contribution in [1.29, 1.82) is 0 Å². The maximum Gasteiger partial charge on any atom is 0.325 e. The number of methoxy groups -OCH3 is 1. The summed E-state index contributed by atoms with van der Waals surface area (Å²) in [5.41, 5.74) is 0. The van der Waals surface area contributed by atoms with Gasteiger partial charge < -0.3 is 9.64 Å². The Morgan fingerprint density at radius 1 is 1.62 bits per heavy atom. The molecule has 1 aromatic rings. The fourth-order valence-corrected chi connectivity index (χ4v) is 1.51. The first-order valence-corrected chi connectivity index (χ1v) is 5.34. The number of nitrogens with zero attached hydrogens (tertiary/aromatic N) is 3. The van der Waals surface area contributed by atoms with E-state index in [1.54, 1.807) is 4.90 Å². The Balaban J connectivity index is 2.85. The van der Waals surface area contributed by atoms with Gasteiger partial charge in [0.2, 0.25) is 0 Å². The third kappa shape index (κ3) is 3.34. The lowest BCUT2D eigenvalue weighted by atomic mass is 10.4. The summed E-state index contributed by atoms with van der Waals surface area (Å²) in [4.78, 5) is 20.9. The second-order valence-electron chi connectivity index (χ2n) is 3.19. The molecule has 0 spiro atoms. The summed E-state index contributed by atoms with van der Waals surface area (Å²) in [5, 5.41) is 0.430. The summed E-state index contributed by atoms with van der Waals surface area (Å²) < 4.78 is 4.62. The average molecular weight is 244 g/mol. The summed E-state index contributed by atoms with van der Waals surface area (Å²) in [6.45, 7) is 2.84. The van der Waals surface area contributed by atoms with Gasteiger partial charge in [0, 0.05) is 6.54 Å². The number of carbonyl (C=O) groups is 1. The molecule has 0 fully saturated rings. The largest absolute Gasteiger partial charge is 0.468 e. The zero-order chi connectivity index (χ0) is 12.0. The molecule has 1 rings (SSSR count). The van der Waals surface area contributed by atoms with Crippen LogP contribution in [0.2, 0.25) is 5.02 Å². The predicted molar refractivity (Wildman–Crippen MR) is 61.6 cm³/mol. The molecule has 0 amide bonds. The summed E-state index contributed by atoms with van der Waals surface area (Å²) in [6.07, 6.45) is 3.79. The quantitative estimate of drug-likeness (QED) is 0.734. The molecular weight excluding hydrogens is 230 g/mol. The van der Waals surface area contributed by atoms with E-state index >= 15 is 0 Å². The fraction of sp³-hybridized carbons (Fsp3) is 0.500. The van der Waals surface area contributed by atoms with Gasteiger partial charge in [-0.2, -0.15) is 0 Å². The van der Waals surface area contributed by atoms with Crippen LogP contribution in [-0.4, -0.2) is 36.1 Å². The number of hydrogen-bond donors (Lipinski definition) is 0. The molecule has 88 valence electrons. The van der Waals surface area contributed by atoms with Gasteiger partial charge in [-0.3, -0.25) is 4.79 Å². The molecule has 0 aliphatic heterocycles. The lowest BCUT2D eigenvalue weighted by molar-refractivity contribution is -0.138. The normalized spacial score (nSPS) is 9.94. The van der Waals surface area contributed by atoms with Crippen LogP contribution in [0.3, 0.4) is 0 Å². The van der Waals surface area contributed by atoms with Crippen molar-refractivity contribution in [2.75, 3.05) is 25.1 Å². The van der Waals surface area contributed by atoms with Crippen LogP contribution in [0.1, 0.15) is 13.3 Å². The van der Waals surface area contributed by atoms with Gasteiger partial charge >= 0.3 is 5.97 Å². The molecule has 1 aromatic heterocycles. The van der Waals surface area contributed by atoms with Gasteiger partial charge in [-0.25, -0.2) is 9.97 Å². The van der Waals surface area contributed by atoms with E-state index in [-0.39, 0.29) is 12.5 Å². The molecule has 0 aliphatic carbocycles. The summed E-state index contributed by atoms with van der Waals surface area (Å²) in [6, 6.07) is 0. The average Bonchev–Trinajstić information content (AvgIpc) is 2.29. The van der Waals surface area contributed by atoms with Crippen LogP contribution in [0.15, 0.2) is 12.5 Å². The maximum absolute atomic E-state index is 11.2. The van der Waals surface area contributed by atoms with Gasteiger partial charge in [0.05, 0.1) is 13.3 Å². The highest BCUT2D eigenvalue weighted by atomic mass is 35.5. The first-order valence-electron chi connectivity index (χ1n) is 4.96. The molecule has 5 nitrogen and oxygen atoms in total. The molecule has 0 atom stereocenters. The molecule has 0 saturated carbocycles. The van der Waals surface area contributed by atoms with Crippen LogP contribution in [0.25, 0.3) is 0 Å². The third-order valence-electron chi connectivity index (χ3n) is 1.99. The summed E-state index contributed by atoms with van der Waals surface area (Å²) in [5.74, 6) is 0.243. The molecule has 0 aromatic carbocycles. The number of carbonyl (C=O) groups excluding carboxylic acids is 1. The topological polar surface area (TPSA) is 55.3 Å². The van der Waals surface area contributed by atoms with Crippen molar-refractivity contribution >= 4 is 23.4 Å². The van der Waals surface area contributed by atoms with Crippen molar-refractivity contribution in [3.63, 3.8) is 0 Å². The highest BCUT2D eigenvalue weighted by molar-refractivity contribution is 6.32. The fourth-order valence-electron chi connectivity index (χ4n) is 1.29. The number of halogens is 1. The van der Waals surface area contributed by atoms with Gasteiger partial charge in [-0.05, 0) is 6.42 Å². The molecule has 0 aliphatic rings. The third-order valence-corrected chi connectivity index (χ3v) is 2.26. The molecule has 0 saturated heterocycles. The molecule has 16 heavy (non-hydrogen) atoms. The van der Waals surface area contributed by atoms with Gasteiger partial charge in [0.25, 0.3) is 0 Å². The number of ether oxygens (including phenoxy) is 1. The lowest BCUT2D eigenvalue weighted by Crippen LogP contribution is -2.32. The lowest BCUT2D eigenvalue weighted by Gasteiger charge is -2.22. The number of anilines is 1. The van der Waals surface area contributed by atoms with Crippen LogP contribution in [0, 0.1) is 0 Å². The van der Waals surface area contributed by atoms with Crippen molar-refractivity contribution in [3.8, 4) is 0 Å². The van der Waals surface area contributed by atoms with E-state index in [1.165, 1.54) is 19.6 Å².